The standard InChI is InChI=1S/C15H19FN4O/c1-10(17)12-8-11(16)5-6-13(12)21-9-15-19-18-14-4-2-3-7-20(14)15/h5-6,8,10H,2-4,7,9,17H2,1H3/t10-/m0/s1. The van der Waals surface area contributed by atoms with Gasteiger partial charge in [-0.05, 0) is 38.0 Å². The first-order valence-electron chi connectivity index (χ1n) is 7.24. The molecule has 2 aromatic rings. The Labute approximate surface area is 122 Å². The molecular formula is C15H19FN4O. The van der Waals surface area contributed by atoms with Crippen molar-refractivity contribution in [2.75, 3.05) is 0 Å². The van der Waals surface area contributed by atoms with Crippen LogP contribution < -0.4 is 10.5 Å². The Morgan fingerprint density at radius 2 is 2.24 bits per heavy atom. The first-order valence-corrected chi connectivity index (χ1v) is 7.24. The largest absolute Gasteiger partial charge is 0.485 e. The molecule has 1 aromatic carbocycles. The second-order valence-electron chi connectivity index (χ2n) is 5.40. The van der Waals surface area contributed by atoms with Crippen LogP contribution in [0.25, 0.3) is 0 Å². The third kappa shape index (κ3) is 2.90. The van der Waals surface area contributed by atoms with Crippen molar-refractivity contribution in [2.45, 2.75) is 45.4 Å². The fourth-order valence-corrected chi connectivity index (χ4v) is 2.62. The third-order valence-electron chi connectivity index (χ3n) is 3.76. The van der Waals surface area contributed by atoms with Crippen LogP contribution in [-0.4, -0.2) is 14.8 Å². The van der Waals surface area contributed by atoms with Crippen LogP contribution in [-0.2, 0) is 19.6 Å². The second-order valence-corrected chi connectivity index (χ2v) is 5.40. The van der Waals surface area contributed by atoms with E-state index in [1.165, 1.54) is 12.1 Å². The lowest BCUT2D eigenvalue weighted by atomic mass is 10.1. The second kappa shape index (κ2) is 5.81. The van der Waals surface area contributed by atoms with Gasteiger partial charge in [-0.3, -0.25) is 0 Å². The lowest BCUT2D eigenvalue weighted by molar-refractivity contribution is 0.281. The van der Waals surface area contributed by atoms with Crippen LogP contribution in [0.3, 0.4) is 0 Å². The molecule has 0 saturated heterocycles. The average Bonchev–Trinajstić information content (AvgIpc) is 2.89. The fraction of sp³-hybridized carbons (Fsp3) is 0.467. The van der Waals surface area contributed by atoms with Gasteiger partial charge in [0.1, 0.15) is 24.0 Å². The molecule has 21 heavy (non-hydrogen) atoms. The molecule has 0 aliphatic carbocycles. The number of benzene rings is 1. The maximum Gasteiger partial charge on any atom is 0.171 e. The summed E-state index contributed by atoms with van der Waals surface area (Å²) < 4.78 is 21.2. The zero-order chi connectivity index (χ0) is 14.8. The molecule has 0 spiro atoms. The van der Waals surface area contributed by atoms with Crippen LogP contribution in [0, 0.1) is 5.82 Å². The first kappa shape index (κ1) is 14.0. The van der Waals surface area contributed by atoms with Gasteiger partial charge >= 0.3 is 0 Å². The summed E-state index contributed by atoms with van der Waals surface area (Å²) in [4.78, 5) is 0. The maximum absolute atomic E-state index is 13.3. The van der Waals surface area contributed by atoms with Crippen molar-refractivity contribution in [1.29, 1.82) is 0 Å². The number of rotatable bonds is 4. The van der Waals surface area contributed by atoms with Gasteiger partial charge in [0, 0.05) is 24.6 Å². The monoisotopic (exact) mass is 290 g/mol. The predicted octanol–water partition coefficient (Wildman–Crippen LogP) is 2.35. The molecule has 2 heterocycles. The van der Waals surface area contributed by atoms with Crippen LogP contribution in [0.1, 0.15) is 43.0 Å². The van der Waals surface area contributed by atoms with Gasteiger partial charge in [-0.15, -0.1) is 10.2 Å². The highest BCUT2D eigenvalue weighted by Gasteiger charge is 2.17. The van der Waals surface area contributed by atoms with Crippen molar-refractivity contribution < 1.29 is 9.13 Å². The third-order valence-corrected chi connectivity index (χ3v) is 3.76. The summed E-state index contributed by atoms with van der Waals surface area (Å²) in [5.74, 6) is 2.12. The number of hydrogen-bond acceptors (Lipinski definition) is 4. The van der Waals surface area contributed by atoms with Crippen molar-refractivity contribution in [3.8, 4) is 5.75 Å². The van der Waals surface area contributed by atoms with Crippen LogP contribution in [0.15, 0.2) is 18.2 Å². The van der Waals surface area contributed by atoms with E-state index in [0.29, 0.717) is 17.9 Å². The quantitative estimate of drug-likeness (QED) is 0.938. The van der Waals surface area contributed by atoms with Crippen molar-refractivity contribution in [3.05, 3.63) is 41.2 Å². The normalized spacial score (nSPS) is 15.6. The SMILES string of the molecule is C[C@H](N)c1cc(F)ccc1OCc1nnc2n1CCCC2. The molecule has 1 aromatic heterocycles. The van der Waals surface area contributed by atoms with Gasteiger partial charge in [0.15, 0.2) is 5.82 Å². The Kier molecular flexibility index (Phi) is 3.88. The number of halogens is 1. The molecule has 0 bridgehead atoms. The van der Waals surface area contributed by atoms with Crippen LogP contribution in [0.4, 0.5) is 4.39 Å². The summed E-state index contributed by atoms with van der Waals surface area (Å²) in [5.41, 5.74) is 6.52. The Balaban J connectivity index is 1.77. The highest BCUT2D eigenvalue weighted by molar-refractivity contribution is 5.36. The molecule has 0 saturated carbocycles. The molecule has 1 aliphatic heterocycles. The number of ether oxygens (including phenoxy) is 1. The van der Waals surface area contributed by atoms with E-state index in [1.54, 1.807) is 13.0 Å². The maximum atomic E-state index is 13.3. The highest BCUT2D eigenvalue weighted by Crippen LogP contribution is 2.25. The summed E-state index contributed by atoms with van der Waals surface area (Å²) in [6.45, 7) is 3.06. The van der Waals surface area contributed by atoms with Gasteiger partial charge in [-0.2, -0.15) is 0 Å². The van der Waals surface area contributed by atoms with Crippen LogP contribution >= 0.6 is 0 Å². The van der Waals surface area contributed by atoms with Gasteiger partial charge < -0.3 is 15.0 Å². The Morgan fingerprint density at radius 3 is 3.05 bits per heavy atom. The summed E-state index contributed by atoms with van der Waals surface area (Å²) >= 11 is 0. The minimum Gasteiger partial charge on any atom is -0.485 e. The predicted molar refractivity (Wildman–Crippen MR) is 76.3 cm³/mol. The van der Waals surface area contributed by atoms with Gasteiger partial charge in [0.2, 0.25) is 0 Å². The molecule has 3 rings (SSSR count). The molecule has 5 nitrogen and oxygen atoms in total. The molecule has 0 amide bonds. The summed E-state index contributed by atoms with van der Waals surface area (Å²) in [6, 6.07) is 4.12. The van der Waals surface area contributed by atoms with E-state index in [9.17, 15) is 4.39 Å². The number of nitrogens with two attached hydrogens (primary N) is 1. The summed E-state index contributed by atoms with van der Waals surface area (Å²) in [7, 11) is 0. The lowest BCUT2D eigenvalue weighted by Crippen LogP contribution is -2.15. The van der Waals surface area contributed by atoms with E-state index >= 15 is 0 Å². The van der Waals surface area contributed by atoms with Gasteiger partial charge in [-0.1, -0.05) is 0 Å². The van der Waals surface area contributed by atoms with Gasteiger partial charge in [0.05, 0.1) is 0 Å². The van der Waals surface area contributed by atoms with E-state index in [0.717, 1.165) is 37.5 Å². The zero-order valence-electron chi connectivity index (χ0n) is 12.1. The highest BCUT2D eigenvalue weighted by atomic mass is 19.1. The molecule has 1 aliphatic rings. The Morgan fingerprint density at radius 1 is 1.38 bits per heavy atom. The van der Waals surface area contributed by atoms with Crippen LogP contribution in [0.5, 0.6) is 5.75 Å². The van der Waals surface area contributed by atoms with Gasteiger partial charge in [0.25, 0.3) is 0 Å². The van der Waals surface area contributed by atoms with Crippen LogP contribution in [0.2, 0.25) is 0 Å². The average molecular weight is 290 g/mol. The molecule has 6 heteroatoms. The number of aryl methyl sites for hydroxylation is 1. The van der Waals surface area contributed by atoms with E-state index in [4.69, 9.17) is 10.5 Å². The number of fused-ring (bicyclic) bond motifs is 1. The summed E-state index contributed by atoms with van der Waals surface area (Å²) in [5, 5.41) is 8.38. The molecule has 1 atom stereocenters. The molecule has 2 N–H and O–H groups in total. The van der Waals surface area contributed by atoms with E-state index in [-0.39, 0.29) is 11.9 Å². The summed E-state index contributed by atoms with van der Waals surface area (Å²) in [6.07, 6.45) is 3.26. The first-order chi connectivity index (χ1) is 10.1. The Bertz CT molecular complexity index is 639. The zero-order valence-corrected chi connectivity index (χ0v) is 12.1. The number of aromatic nitrogens is 3. The van der Waals surface area contributed by atoms with Crippen molar-refractivity contribution >= 4 is 0 Å². The minimum absolute atomic E-state index is 0.289. The molecule has 112 valence electrons. The van der Waals surface area contributed by atoms with Crippen molar-refractivity contribution in [3.63, 3.8) is 0 Å². The van der Waals surface area contributed by atoms with Crippen molar-refractivity contribution in [2.24, 2.45) is 5.73 Å². The molecule has 0 fully saturated rings. The Hall–Kier alpha value is -1.95. The fourth-order valence-electron chi connectivity index (χ4n) is 2.62. The van der Waals surface area contributed by atoms with E-state index in [1.807, 2.05) is 0 Å². The molecule has 0 unspecified atom stereocenters. The lowest BCUT2D eigenvalue weighted by Gasteiger charge is -2.16. The van der Waals surface area contributed by atoms with E-state index < -0.39 is 0 Å². The number of hydrogen-bond donors (Lipinski definition) is 1. The van der Waals surface area contributed by atoms with Gasteiger partial charge in [-0.25, -0.2) is 4.39 Å². The molecule has 0 radical (unpaired) electrons. The molecular weight excluding hydrogens is 271 g/mol. The topological polar surface area (TPSA) is 66.0 Å². The van der Waals surface area contributed by atoms with Crippen molar-refractivity contribution in [1.82, 2.24) is 14.8 Å². The smallest absolute Gasteiger partial charge is 0.171 e. The minimum atomic E-state index is -0.311. The number of nitrogens with zero attached hydrogens (tertiary/aromatic N) is 3. The van der Waals surface area contributed by atoms with E-state index in [2.05, 4.69) is 14.8 Å².